The van der Waals surface area contributed by atoms with Crippen molar-refractivity contribution in [2.45, 2.75) is 13.5 Å². The molecule has 0 fully saturated rings. The Morgan fingerprint density at radius 3 is 2.10 bits per heavy atom. The third-order valence-electron chi connectivity index (χ3n) is 4.23. The molecule has 0 aromatic heterocycles. The minimum atomic E-state index is -0.367. The summed E-state index contributed by atoms with van der Waals surface area (Å²) in [5.74, 6) is -0.260. The van der Waals surface area contributed by atoms with Crippen LogP contribution >= 0.6 is 0 Å². The highest BCUT2D eigenvalue weighted by Gasteiger charge is 2.10. The van der Waals surface area contributed by atoms with E-state index in [4.69, 9.17) is 4.74 Å². The molecule has 0 aliphatic heterocycles. The van der Waals surface area contributed by atoms with Crippen molar-refractivity contribution in [1.29, 1.82) is 0 Å². The van der Waals surface area contributed by atoms with Gasteiger partial charge < -0.3 is 15.4 Å². The number of nitrogens with one attached hydrogen (secondary N) is 2. The zero-order valence-electron chi connectivity index (χ0n) is 15.9. The highest BCUT2D eigenvalue weighted by molar-refractivity contribution is 6.05. The van der Waals surface area contributed by atoms with Crippen LogP contribution in [0.3, 0.4) is 0 Å². The first-order valence-electron chi connectivity index (χ1n) is 9.22. The van der Waals surface area contributed by atoms with Crippen molar-refractivity contribution in [3.8, 4) is 5.75 Å². The van der Waals surface area contributed by atoms with Crippen molar-refractivity contribution in [2.24, 2.45) is 0 Å². The maximum Gasteiger partial charge on any atom is 0.255 e. The monoisotopic (exact) mass is 392 g/mol. The van der Waals surface area contributed by atoms with Crippen LogP contribution in [-0.2, 0) is 6.54 Å². The van der Waals surface area contributed by atoms with Gasteiger partial charge in [0, 0.05) is 28.9 Å². The third-order valence-corrected chi connectivity index (χ3v) is 4.23. The van der Waals surface area contributed by atoms with Gasteiger partial charge >= 0.3 is 0 Å². The Labute approximate surface area is 168 Å². The largest absolute Gasteiger partial charge is 0.494 e. The second-order valence-electron chi connectivity index (χ2n) is 6.26. The number of halogens is 1. The van der Waals surface area contributed by atoms with Crippen LogP contribution in [0.4, 0.5) is 10.1 Å². The lowest BCUT2D eigenvalue weighted by Gasteiger charge is -2.09. The van der Waals surface area contributed by atoms with Gasteiger partial charge in [0.2, 0.25) is 0 Å². The predicted octanol–water partition coefficient (Wildman–Crippen LogP) is 4.41. The molecular formula is C23H21FN2O3. The summed E-state index contributed by atoms with van der Waals surface area (Å²) in [4.78, 5) is 24.6. The Balaban J connectivity index is 1.58. The van der Waals surface area contributed by atoms with E-state index in [-0.39, 0.29) is 24.2 Å². The molecule has 0 radical (unpaired) electrons. The standard InChI is InChI=1S/C23H21FN2O3/c1-2-29-20-13-11-19(12-14-20)26-23(28)17-9-7-16(8-10-17)22(27)25-15-18-5-3-4-6-21(18)24/h3-14H,2,15H2,1H3,(H,25,27)(H,26,28). The third kappa shape index (κ3) is 5.42. The second kappa shape index (κ2) is 9.50. The average Bonchev–Trinajstić information content (AvgIpc) is 2.74. The normalized spacial score (nSPS) is 10.3. The van der Waals surface area contributed by atoms with Gasteiger partial charge in [0.15, 0.2) is 0 Å². The smallest absolute Gasteiger partial charge is 0.255 e. The zero-order valence-corrected chi connectivity index (χ0v) is 15.9. The van der Waals surface area contributed by atoms with Gasteiger partial charge in [-0.15, -0.1) is 0 Å². The van der Waals surface area contributed by atoms with Gasteiger partial charge in [-0.2, -0.15) is 0 Å². The van der Waals surface area contributed by atoms with E-state index in [1.54, 1.807) is 66.7 Å². The fraction of sp³-hybridized carbons (Fsp3) is 0.130. The van der Waals surface area contributed by atoms with E-state index < -0.39 is 0 Å². The Morgan fingerprint density at radius 2 is 1.48 bits per heavy atom. The lowest BCUT2D eigenvalue weighted by molar-refractivity contribution is 0.0948. The Hall–Kier alpha value is -3.67. The topological polar surface area (TPSA) is 67.4 Å². The Bertz CT molecular complexity index is 986. The van der Waals surface area contributed by atoms with E-state index >= 15 is 0 Å². The molecule has 0 atom stereocenters. The first-order valence-corrected chi connectivity index (χ1v) is 9.22. The molecule has 0 heterocycles. The zero-order chi connectivity index (χ0) is 20.6. The van der Waals surface area contributed by atoms with Crippen LogP contribution in [0, 0.1) is 5.82 Å². The Kier molecular flexibility index (Phi) is 6.58. The van der Waals surface area contributed by atoms with E-state index in [2.05, 4.69) is 10.6 Å². The van der Waals surface area contributed by atoms with Crippen LogP contribution < -0.4 is 15.4 Å². The molecule has 0 unspecified atom stereocenters. The quantitative estimate of drug-likeness (QED) is 0.626. The number of benzene rings is 3. The van der Waals surface area contributed by atoms with Gasteiger partial charge in [0.05, 0.1) is 6.61 Å². The summed E-state index contributed by atoms with van der Waals surface area (Å²) < 4.78 is 19.0. The maximum atomic E-state index is 13.6. The Morgan fingerprint density at radius 1 is 0.862 bits per heavy atom. The molecule has 3 aromatic rings. The molecule has 6 heteroatoms. The number of rotatable bonds is 7. The van der Waals surface area contributed by atoms with E-state index in [1.807, 2.05) is 6.92 Å². The summed E-state index contributed by atoms with van der Waals surface area (Å²) in [5, 5.41) is 5.46. The summed E-state index contributed by atoms with van der Waals surface area (Å²) >= 11 is 0. The summed E-state index contributed by atoms with van der Waals surface area (Å²) in [6.45, 7) is 2.57. The van der Waals surface area contributed by atoms with E-state index in [0.29, 0.717) is 29.0 Å². The molecule has 29 heavy (non-hydrogen) atoms. The fourth-order valence-corrected chi connectivity index (χ4v) is 2.70. The van der Waals surface area contributed by atoms with Crippen molar-refractivity contribution in [3.05, 3.63) is 95.3 Å². The van der Waals surface area contributed by atoms with Gasteiger partial charge in [0.1, 0.15) is 11.6 Å². The van der Waals surface area contributed by atoms with Crippen molar-refractivity contribution < 1.29 is 18.7 Å². The van der Waals surface area contributed by atoms with Crippen molar-refractivity contribution >= 4 is 17.5 Å². The van der Waals surface area contributed by atoms with E-state index in [0.717, 1.165) is 5.75 Å². The molecule has 0 aliphatic carbocycles. The van der Waals surface area contributed by atoms with Crippen LogP contribution in [0.15, 0.2) is 72.8 Å². The van der Waals surface area contributed by atoms with Crippen LogP contribution in [0.5, 0.6) is 5.75 Å². The molecular weight excluding hydrogens is 371 g/mol. The van der Waals surface area contributed by atoms with Gasteiger partial charge in [0.25, 0.3) is 11.8 Å². The van der Waals surface area contributed by atoms with Crippen LogP contribution in [0.25, 0.3) is 0 Å². The summed E-state index contributed by atoms with van der Waals surface area (Å²) in [7, 11) is 0. The van der Waals surface area contributed by atoms with Crippen LogP contribution in [0.2, 0.25) is 0 Å². The molecule has 3 rings (SSSR count). The number of hydrogen-bond acceptors (Lipinski definition) is 3. The predicted molar refractivity (Wildman–Crippen MR) is 110 cm³/mol. The number of ether oxygens (including phenoxy) is 1. The summed E-state index contributed by atoms with van der Waals surface area (Å²) in [6, 6.07) is 19.6. The number of amides is 2. The molecule has 0 aliphatic rings. The van der Waals surface area contributed by atoms with Gasteiger partial charge in [-0.05, 0) is 61.5 Å². The number of carbonyl (C=O) groups is 2. The molecule has 0 bridgehead atoms. The highest BCUT2D eigenvalue weighted by atomic mass is 19.1. The number of hydrogen-bond donors (Lipinski definition) is 2. The minimum Gasteiger partial charge on any atom is -0.494 e. The maximum absolute atomic E-state index is 13.6. The van der Waals surface area contributed by atoms with Crippen molar-refractivity contribution in [3.63, 3.8) is 0 Å². The van der Waals surface area contributed by atoms with Crippen LogP contribution in [0.1, 0.15) is 33.2 Å². The molecule has 3 aromatic carbocycles. The molecule has 0 saturated carbocycles. The van der Waals surface area contributed by atoms with Gasteiger partial charge in [-0.1, -0.05) is 18.2 Å². The fourth-order valence-electron chi connectivity index (χ4n) is 2.70. The number of anilines is 1. The SMILES string of the molecule is CCOc1ccc(NC(=O)c2ccc(C(=O)NCc3ccccc3F)cc2)cc1. The molecule has 2 amide bonds. The van der Waals surface area contributed by atoms with Crippen LogP contribution in [-0.4, -0.2) is 18.4 Å². The number of carbonyl (C=O) groups excluding carboxylic acids is 2. The molecule has 0 spiro atoms. The highest BCUT2D eigenvalue weighted by Crippen LogP contribution is 2.17. The summed E-state index contributed by atoms with van der Waals surface area (Å²) in [6.07, 6.45) is 0. The molecule has 0 saturated heterocycles. The van der Waals surface area contributed by atoms with E-state index in [9.17, 15) is 14.0 Å². The average molecular weight is 392 g/mol. The first kappa shape index (κ1) is 20.1. The molecule has 148 valence electrons. The molecule has 5 nitrogen and oxygen atoms in total. The van der Waals surface area contributed by atoms with Crippen molar-refractivity contribution in [1.82, 2.24) is 5.32 Å². The van der Waals surface area contributed by atoms with Gasteiger partial charge in [-0.25, -0.2) is 4.39 Å². The van der Waals surface area contributed by atoms with Gasteiger partial charge in [-0.3, -0.25) is 9.59 Å². The van der Waals surface area contributed by atoms with E-state index in [1.165, 1.54) is 6.07 Å². The minimum absolute atomic E-state index is 0.0888. The second-order valence-corrected chi connectivity index (χ2v) is 6.26. The first-order chi connectivity index (χ1) is 14.1. The lowest BCUT2D eigenvalue weighted by Crippen LogP contribution is -2.23. The lowest BCUT2D eigenvalue weighted by atomic mass is 10.1. The summed E-state index contributed by atoms with van der Waals surface area (Å²) in [5.41, 5.74) is 1.86. The van der Waals surface area contributed by atoms with Crippen molar-refractivity contribution in [2.75, 3.05) is 11.9 Å². The molecule has 2 N–H and O–H groups in total.